The van der Waals surface area contributed by atoms with Crippen LogP contribution in [0, 0.1) is 5.82 Å². The van der Waals surface area contributed by atoms with Crippen molar-refractivity contribution in [1.29, 1.82) is 0 Å². The summed E-state index contributed by atoms with van der Waals surface area (Å²) in [5.74, 6) is -0.455. The first-order valence-corrected chi connectivity index (χ1v) is 7.15. The molecule has 1 aliphatic rings. The maximum atomic E-state index is 13.3. The first-order valence-electron chi connectivity index (χ1n) is 7.15. The van der Waals surface area contributed by atoms with Gasteiger partial charge in [-0.05, 0) is 31.0 Å². The molecule has 0 aromatic heterocycles. The topological polar surface area (TPSA) is 67.6 Å². The monoisotopic (exact) mass is 367 g/mol. The van der Waals surface area contributed by atoms with Gasteiger partial charge in [-0.2, -0.15) is 0 Å². The average molecular weight is 368 g/mol. The van der Waals surface area contributed by atoms with Gasteiger partial charge in [-0.3, -0.25) is 4.79 Å². The van der Waals surface area contributed by atoms with Gasteiger partial charge in [0.2, 0.25) is 5.91 Å². The number of nitrogens with one attached hydrogen (secondary N) is 1. The zero-order valence-corrected chi connectivity index (χ0v) is 14.7. The van der Waals surface area contributed by atoms with Crippen LogP contribution in [0.5, 0.6) is 0 Å². The molecule has 132 valence electrons. The van der Waals surface area contributed by atoms with E-state index in [0.29, 0.717) is 6.54 Å². The molecule has 2 unspecified atom stereocenters. The fourth-order valence-electron chi connectivity index (χ4n) is 2.57. The molecule has 1 aliphatic heterocycles. The number of halogens is 3. The number of nitrogens with zero attached hydrogens (tertiary/aromatic N) is 1. The van der Waals surface area contributed by atoms with E-state index in [9.17, 15) is 9.18 Å². The summed E-state index contributed by atoms with van der Waals surface area (Å²) in [4.78, 5) is 14.0. The summed E-state index contributed by atoms with van der Waals surface area (Å²) in [7, 11) is 1.51. The Labute approximate surface area is 148 Å². The highest BCUT2D eigenvalue weighted by molar-refractivity contribution is 5.85. The average Bonchev–Trinajstić information content (AvgIpc) is 2.48. The van der Waals surface area contributed by atoms with E-state index in [4.69, 9.17) is 10.5 Å². The molecule has 5 nitrogen and oxygen atoms in total. The van der Waals surface area contributed by atoms with Crippen LogP contribution in [0.25, 0.3) is 0 Å². The zero-order chi connectivity index (χ0) is 15.2. The summed E-state index contributed by atoms with van der Waals surface area (Å²) in [5.41, 5.74) is 6.55. The molecule has 0 saturated carbocycles. The van der Waals surface area contributed by atoms with Crippen LogP contribution in [0.2, 0.25) is 0 Å². The van der Waals surface area contributed by atoms with Crippen LogP contribution in [-0.2, 0) is 9.53 Å². The maximum Gasteiger partial charge on any atom is 0.239 e. The largest absolute Gasteiger partial charge is 0.383 e. The van der Waals surface area contributed by atoms with E-state index in [-0.39, 0.29) is 49.2 Å². The first kappa shape index (κ1) is 21.9. The van der Waals surface area contributed by atoms with Crippen LogP contribution < -0.4 is 16.0 Å². The minimum atomic E-state index is -0.653. The van der Waals surface area contributed by atoms with Gasteiger partial charge >= 0.3 is 0 Å². The highest BCUT2D eigenvalue weighted by atomic mass is 35.5. The van der Waals surface area contributed by atoms with E-state index in [1.165, 1.54) is 19.2 Å². The summed E-state index contributed by atoms with van der Waals surface area (Å²) in [6.07, 6.45) is 1.85. The summed E-state index contributed by atoms with van der Waals surface area (Å²) in [6, 6.07) is 5.89. The van der Waals surface area contributed by atoms with E-state index in [0.717, 1.165) is 25.1 Å². The minimum absolute atomic E-state index is 0. The van der Waals surface area contributed by atoms with Crippen LogP contribution in [0.3, 0.4) is 0 Å². The Kier molecular flexibility index (Phi) is 10.1. The third-order valence-corrected chi connectivity index (χ3v) is 3.62. The van der Waals surface area contributed by atoms with Crippen LogP contribution in [0.4, 0.5) is 10.1 Å². The van der Waals surface area contributed by atoms with Crippen LogP contribution in [0.15, 0.2) is 24.3 Å². The van der Waals surface area contributed by atoms with Crippen molar-refractivity contribution in [2.24, 2.45) is 5.73 Å². The van der Waals surface area contributed by atoms with Crippen molar-refractivity contribution in [3.8, 4) is 0 Å². The van der Waals surface area contributed by atoms with Crippen molar-refractivity contribution < 1.29 is 13.9 Å². The molecule has 1 aromatic carbocycles. The summed E-state index contributed by atoms with van der Waals surface area (Å²) < 4.78 is 18.2. The van der Waals surface area contributed by atoms with Gasteiger partial charge in [0.25, 0.3) is 0 Å². The summed E-state index contributed by atoms with van der Waals surface area (Å²) in [6.45, 7) is 1.72. The van der Waals surface area contributed by atoms with E-state index in [2.05, 4.69) is 10.2 Å². The molecule has 3 N–H and O–H groups in total. The molecule has 1 amide bonds. The zero-order valence-electron chi connectivity index (χ0n) is 13.0. The van der Waals surface area contributed by atoms with Crippen LogP contribution >= 0.6 is 24.8 Å². The molecular formula is C15H24Cl2FN3O2. The lowest BCUT2D eigenvalue weighted by Crippen LogP contribution is -2.53. The minimum Gasteiger partial charge on any atom is -0.383 e. The van der Waals surface area contributed by atoms with Crippen LogP contribution in [-0.4, -0.2) is 44.8 Å². The predicted molar refractivity (Wildman–Crippen MR) is 94.1 cm³/mol. The van der Waals surface area contributed by atoms with Crippen molar-refractivity contribution in [1.82, 2.24) is 5.32 Å². The van der Waals surface area contributed by atoms with Gasteiger partial charge in [0, 0.05) is 31.9 Å². The van der Waals surface area contributed by atoms with Gasteiger partial charge in [-0.1, -0.05) is 6.07 Å². The lowest BCUT2D eigenvalue weighted by atomic mass is 10.0. The SMILES string of the molecule is COCC(N)C(=O)NC1CCCN(c2cccc(F)c2)C1.Cl.Cl. The van der Waals surface area contributed by atoms with Gasteiger partial charge in [0.05, 0.1) is 6.61 Å². The third-order valence-electron chi connectivity index (χ3n) is 3.62. The molecule has 0 bridgehead atoms. The molecule has 1 fully saturated rings. The quantitative estimate of drug-likeness (QED) is 0.831. The lowest BCUT2D eigenvalue weighted by Gasteiger charge is -2.35. The number of methoxy groups -OCH3 is 1. The molecule has 2 rings (SSSR count). The van der Waals surface area contributed by atoms with E-state index >= 15 is 0 Å². The molecule has 1 heterocycles. The third kappa shape index (κ3) is 6.51. The smallest absolute Gasteiger partial charge is 0.239 e. The highest BCUT2D eigenvalue weighted by Crippen LogP contribution is 2.20. The first-order chi connectivity index (χ1) is 10.1. The van der Waals surface area contributed by atoms with E-state index in [1.54, 1.807) is 6.07 Å². The Bertz CT molecular complexity index is 494. The number of carbonyl (C=O) groups is 1. The van der Waals surface area contributed by atoms with Gasteiger partial charge in [0.1, 0.15) is 11.9 Å². The number of anilines is 1. The Hall–Kier alpha value is -1.08. The molecule has 0 spiro atoms. The number of amides is 1. The number of rotatable bonds is 5. The second-order valence-corrected chi connectivity index (χ2v) is 5.34. The molecule has 23 heavy (non-hydrogen) atoms. The summed E-state index contributed by atoms with van der Waals surface area (Å²) in [5, 5.41) is 2.94. The van der Waals surface area contributed by atoms with Crippen molar-refractivity contribution in [2.45, 2.75) is 24.9 Å². The predicted octanol–water partition coefficient (Wildman–Crippen LogP) is 1.73. The van der Waals surface area contributed by atoms with Gasteiger partial charge < -0.3 is 20.7 Å². The Morgan fingerprint density at radius 2 is 2.26 bits per heavy atom. The van der Waals surface area contributed by atoms with Crippen molar-refractivity contribution in [3.05, 3.63) is 30.1 Å². The van der Waals surface area contributed by atoms with Gasteiger partial charge in [-0.15, -0.1) is 24.8 Å². The highest BCUT2D eigenvalue weighted by Gasteiger charge is 2.23. The fraction of sp³-hybridized carbons (Fsp3) is 0.533. The number of carbonyl (C=O) groups excluding carboxylic acids is 1. The number of ether oxygens (including phenoxy) is 1. The van der Waals surface area contributed by atoms with Crippen LogP contribution in [0.1, 0.15) is 12.8 Å². The van der Waals surface area contributed by atoms with E-state index in [1.807, 2.05) is 6.07 Å². The van der Waals surface area contributed by atoms with Gasteiger partial charge in [0.15, 0.2) is 0 Å². The molecule has 0 aliphatic carbocycles. The number of nitrogens with two attached hydrogens (primary N) is 1. The molecule has 1 aromatic rings. The maximum absolute atomic E-state index is 13.3. The number of piperidine rings is 1. The molecular weight excluding hydrogens is 344 g/mol. The number of benzene rings is 1. The standard InChI is InChI=1S/C15H22FN3O2.2ClH/c1-21-10-14(17)15(20)18-12-5-3-7-19(9-12)13-6-2-4-11(16)8-13;;/h2,4,6,8,12,14H,3,5,7,9-10,17H2,1H3,(H,18,20);2*1H. The Balaban J connectivity index is 0.00000242. The lowest BCUT2D eigenvalue weighted by molar-refractivity contribution is -0.124. The second kappa shape index (κ2) is 10.6. The molecule has 8 heteroatoms. The number of hydrogen-bond acceptors (Lipinski definition) is 4. The van der Waals surface area contributed by atoms with Gasteiger partial charge in [-0.25, -0.2) is 4.39 Å². The Morgan fingerprint density at radius 1 is 1.52 bits per heavy atom. The molecule has 2 atom stereocenters. The van der Waals surface area contributed by atoms with E-state index < -0.39 is 6.04 Å². The van der Waals surface area contributed by atoms with Crippen molar-refractivity contribution in [3.63, 3.8) is 0 Å². The molecule has 1 saturated heterocycles. The molecule has 0 radical (unpaired) electrons. The number of hydrogen-bond donors (Lipinski definition) is 2. The Morgan fingerprint density at radius 3 is 2.91 bits per heavy atom. The van der Waals surface area contributed by atoms with Crippen molar-refractivity contribution in [2.75, 3.05) is 31.7 Å². The fourth-order valence-corrected chi connectivity index (χ4v) is 2.57. The second-order valence-electron chi connectivity index (χ2n) is 5.34. The summed E-state index contributed by atoms with van der Waals surface area (Å²) >= 11 is 0. The normalized spacial score (nSPS) is 18.4. The van der Waals surface area contributed by atoms with Crippen molar-refractivity contribution >= 4 is 36.4 Å².